The summed E-state index contributed by atoms with van der Waals surface area (Å²) in [5, 5.41) is 6.84. The van der Waals surface area contributed by atoms with Gasteiger partial charge in [-0.15, -0.1) is 5.10 Å². The highest BCUT2D eigenvalue weighted by Gasteiger charge is 2.12. The van der Waals surface area contributed by atoms with E-state index in [9.17, 15) is 4.79 Å². The van der Waals surface area contributed by atoms with Crippen molar-refractivity contribution < 1.29 is 4.79 Å². The zero-order valence-electron chi connectivity index (χ0n) is 8.97. The summed E-state index contributed by atoms with van der Waals surface area (Å²) in [7, 11) is 0. The van der Waals surface area contributed by atoms with E-state index in [0.29, 0.717) is 16.3 Å². The first kappa shape index (κ1) is 11.4. The highest BCUT2D eigenvalue weighted by Crippen LogP contribution is 2.17. The Labute approximate surface area is 101 Å². The molecular weight excluding hydrogens is 240 g/mol. The molecule has 2 heterocycles. The number of hydrogen-bond acceptors (Lipinski definition) is 7. The molecule has 0 aliphatic rings. The summed E-state index contributed by atoms with van der Waals surface area (Å²) < 4.78 is 3.65. The lowest BCUT2D eigenvalue weighted by molar-refractivity contribution is 0.102. The second kappa shape index (κ2) is 4.85. The fraction of sp³-hybridized carbons (Fsp3) is 0.111. The molecule has 0 atom stereocenters. The lowest BCUT2D eigenvalue weighted by atomic mass is 10.2. The molecule has 7 nitrogen and oxygen atoms in total. The summed E-state index contributed by atoms with van der Waals surface area (Å²) in [4.78, 5) is 16.0. The molecule has 0 saturated heterocycles. The Morgan fingerprint density at radius 3 is 2.94 bits per heavy atom. The lowest BCUT2D eigenvalue weighted by Crippen LogP contribution is -2.17. The summed E-state index contributed by atoms with van der Waals surface area (Å²) in [5.74, 6) is 5.04. The van der Waals surface area contributed by atoms with E-state index in [1.54, 1.807) is 6.07 Å². The predicted molar refractivity (Wildman–Crippen MR) is 64.6 cm³/mol. The number of nitrogens with one attached hydrogen (secondary N) is 2. The van der Waals surface area contributed by atoms with Gasteiger partial charge in [-0.25, -0.2) is 0 Å². The fourth-order valence-electron chi connectivity index (χ4n) is 1.26. The van der Waals surface area contributed by atoms with E-state index in [0.717, 1.165) is 17.2 Å². The van der Waals surface area contributed by atoms with Crippen LogP contribution in [0.15, 0.2) is 18.5 Å². The van der Waals surface area contributed by atoms with Crippen molar-refractivity contribution in [2.45, 2.75) is 6.92 Å². The standard InChI is InChI=1S/C9H10N6OS/c1-5-2-7(14-10)6(3-11-5)9(16)13-8-4-12-15-17-8/h2-4H,10H2,1H3,(H,11,14)(H,13,16). The lowest BCUT2D eigenvalue weighted by Gasteiger charge is -2.08. The van der Waals surface area contributed by atoms with E-state index in [-0.39, 0.29) is 5.91 Å². The molecule has 2 aromatic heterocycles. The first-order chi connectivity index (χ1) is 8.20. The quantitative estimate of drug-likeness (QED) is 0.549. The van der Waals surface area contributed by atoms with E-state index in [2.05, 4.69) is 25.3 Å². The first-order valence-corrected chi connectivity index (χ1v) is 5.50. The van der Waals surface area contributed by atoms with Crippen molar-refractivity contribution in [1.82, 2.24) is 14.6 Å². The molecule has 0 fully saturated rings. The second-order valence-corrected chi connectivity index (χ2v) is 4.04. The number of pyridine rings is 1. The van der Waals surface area contributed by atoms with Gasteiger partial charge in [-0.2, -0.15) is 0 Å². The Balaban J connectivity index is 2.24. The van der Waals surface area contributed by atoms with Crippen LogP contribution in [0.2, 0.25) is 0 Å². The van der Waals surface area contributed by atoms with E-state index < -0.39 is 0 Å². The van der Waals surface area contributed by atoms with Gasteiger partial charge in [0.2, 0.25) is 0 Å². The van der Waals surface area contributed by atoms with Crippen LogP contribution in [-0.4, -0.2) is 20.5 Å². The minimum atomic E-state index is -0.309. The van der Waals surface area contributed by atoms with E-state index in [4.69, 9.17) is 5.84 Å². The number of nitrogens with zero attached hydrogens (tertiary/aromatic N) is 3. The van der Waals surface area contributed by atoms with Crippen LogP contribution in [0.25, 0.3) is 0 Å². The third-order valence-corrected chi connectivity index (χ3v) is 2.62. The van der Waals surface area contributed by atoms with Crippen LogP contribution in [0.4, 0.5) is 10.7 Å². The second-order valence-electron chi connectivity index (χ2n) is 3.25. The van der Waals surface area contributed by atoms with E-state index >= 15 is 0 Å². The molecule has 0 aromatic carbocycles. The normalized spacial score (nSPS) is 10.0. The maximum absolute atomic E-state index is 11.9. The van der Waals surface area contributed by atoms with Gasteiger partial charge in [-0.3, -0.25) is 15.6 Å². The molecule has 0 aliphatic heterocycles. The molecule has 88 valence electrons. The number of nitrogen functional groups attached to an aromatic ring is 1. The van der Waals surface area contributed by atoms with Crippen LogP contribution in [0, 0.1) is 6.92 Å². The summed E-state index contributed by atoms with van der Waals surface area (Å²) in [6.07, 6.45) is 2.94. The Morgan fingerprint density at radius 2 is 2.29 bits per heavy atom. The van der Waals surface area contributed by atoms with Crippen LogP contribution < -0.4 is 16.6 Å². The van der Waals surface area contributed by atoms with Gasteiger partial charge in [0.25, 0.3) is 5.91 Å². The van der Waals surface area contributed by atoms with Crippen molar-refractivity contribution in [3.8, 4) is 0 Å². The number of hydrogen-bond donors (Lipinski definition) is 3. The molecule has 2 aromatic rings. The van der Waals surface area contributed by atoms with Crippen molar-refractivity contribution in [3.05, 3.63) is 29.7 Å². The highest BCUT2D eigenvalue weighted by atomic mass is 32.1. The third-order valence-electron chi connectivity index (χ3n) is 2.04. The van der Waals surface area contributed by atoms with Crippen LogP contribution >= 0.6 is 11.5 Å². The average Bonchev–Trinajstić information content (AvgIpc) is 2.81. The maximum atomic E-state index is 11.9. The molecular formula is C9H10N6OS. The van der Waals surface area contributed by atoms with E-state index in [1.807, 2.05) is 6.92 Å². The summed E-state index contributed by atoms with van der Waals surface area (Å²) >= 11 is 1.10. The molecule has 0 saturated carbocycles. The van der Waals surface area contributed by atoms with Crippen LogP contribution in [0.5, 0.6) is 0 Å². The highest BCUT2D eigenvalue weighted by molar-refractivity contribution is 7.10. The monoisotopic (exact) mass is 250 g/mol. The zero-order chi connectivity index (χ0) is 12.3. The van der Waals surface area contributed by atoms with Crippen LogP contribution in [0.3, 0.4) is 0 Å². The largest absolute Gasteiger partial charge is 0.323 e. The third kappa shape index (κ3) is 2.55. The van der Waals surface area contributed by atoms with Gasteiger partial charge in [0.05, 0.1) is 17.4 Å². The number of carbonyl (C=O) groups excluding carboxylic acids is 1. The number of nitrogens with two attached hydrogens (primary N) is 1. The molecule has 4 N–H and O–H groups in total. The Kier molecular flexibility index (Phi) is 3.26. The number of anilines is 2. The molecule has 2 rings (SSSR count). The van der Waals surface area contributed by atoms with Crippen molar-refractivity contribution in [2.24, 2.45) is 5.84 Å². The van der Waals surface area contributed by atoms with Gasteiger partial charge in [0.1, 0.15) is 5.00 Å². The molecule has 0 unspecified atom stereocenters. The van der Waals surface area contributed by atoms with Gasteiger partial charge in [0.15, 0.2) is 0 Å². The molecule has 0 bridgehead atoms. The Bertz CT molecular complexity index is 526. The minimum Gasteiger partial charge on any atom is -0.323 e. The Morgan fingerprint density at radius 1 is 1.47 bits per heavy atom. The van der Waals surface area contributed by atoms with Crippen LogP contribution in [-0.2, 0) is 0 Å². The summed E-state index contributed by atoms with van der Waals surface area (Å²) in [6.45, 7) is 1.82. The average molecular weight is 250 g/mol. The van der Waals surface area contributed by atoms with Gasteiger partial charge in [-0.05, 0) is 13.0 Å². The topological polar surface area (TPSA) is 106 Å². The zero-order valence-corrected chi connectivity index (χ0v) is 9.78. The van der Waals surface area contributed by atoms with Crippen molar-refractivity contribution in [1.29, 1.82) is 0 Å². The van der Waals surface area contributed by atoms with Crippen molar-refractivity contribution in [3.63, 3.8) is 0 Å². The van der Waals surface area contributed by atoms with E-state index in [1.165, 1.54) is 12.4 Å². The molecule has 8 heteroatoms. The maximum Gasteiger partial charge on any atom is 0.260 e. The predicted octanol–water partition coefficient (Wildman–Crippen LogP) is 0.779. The van der Waals surface area contributed by atoms with Crippen molar-refractivity contribution in [2.75, 3.05) is 10.7 Å². The number of hydrazine groups is 1. The Hall–Kier alpha value is -2.06. The number of aryl methyl sites for hydroxylation is 1. The SMILES string of the molecule is Cc1cc(NN)c(C(=O)Nc2cnns2)cn1. The molecule has 17 heavy (non-hydrogen) atoms. The number of carbonyl (C=O) groups is 1. The van der Waals surface area contributed by atoms with Crippen molar-refractivity contribution >= 4 is 28.1 Å². The molecule has 1 amide bonds. The molecule has 0 aliphatic carbocycles. The summed E-state index contributed by atoms with van der Waals surface area (Å²) in [5.41, 5.74) is 4.13. The minimum absolute atomic E-state index is 0.309. The van der Waals surface area contributed by atoms with Gasteiger partial charge < -0.3 is 10.7 Å². The first-order valence-electron chi connectivity index (χ1n) is 4.72. The number of rotatable bonds is 3. The van der Waals surface area contributed by atoms with Gasteiger partial charge in [-0.1, -0.05) is 4.49 Å². The van der Waals surface area contributed by atoms with Crippen LogP contribution in [0.1, 0.15) is 16.1 Å². The van der Waals surface area contributed by atoms with Gasteiger partial charge in [0, 0.05) is 23.4 Å². The number of aromatic nitrogens is 3. The number of amides is 1. The molecule has 0 spiro atoms. The smallest absolute Gasteiger partial charge is 0.260 e. The van der Waals surface area contributed by atoms with Gasteiger partial charge >= 0.3 is 0 Å². The molecule has 0 radical (unpaired) electrons. The summed E-state index contributed by atoms with van der Waals surface area (Å²) in [6, 6.07) is 1.69. The fourth-order valence-corrected chi connectivity index (χ4v) is 1.68.